The van der Waals surface area contributed by atoms with E-state index < -0.39 is 0 Å². The number of rotatable bonds is 9. The molecule has 8 heteroatoms. The minimum Gasteiger partial charge on any atom is -0.354 e. The number of unbranched alkanes of at least 4 members (excludes halogenated alkanes) is 5. The number of benzene rings is 4. The topological polar surface area (TPSA) is 65.7 Å². The highest BCUT2D eigenvalue weighted by Crippen LogP contribution is 2.35. The zero-order valence-electron chi connectivity index (χ0n) is 22.8. The number of pyridine rings is 2. The summed E-state index contributed by atoms with van der Waals surface area (Å²) in [5.41, 5.74) is 4.70. The molecule has 2 aromatic heterocycles. The number of aromatic amines is 2. The van der Waals surface area contributed by atoms with Gasteiger partial charge in [0, 0.05) is 21.8 Å². The predicted octanol–water partition coefficient (Wildman–Crippen LogP) is 10.4. The molecule has 0 aliphatic rings. The fourth-order valence-electron chi connectivity index (χ4n) is 5.84. The van der Waals surface area contributed by atoms with E-state index in [1.807, 2.05) is 48.5 Å². The Labute approximate surface area is 262 Å². The SMILES string of the molecule is O=c1c2ccccc2[nH]c2cc(CCCCCCCCc3cc4[nH]c5ccccc5c(=O)c4c(Cl)c3Cl)c(Cl)c(Cl)c12. The lowest BCUT2D eigenvalue weighted by Crippen LogP contribution is -2.06. The van der Waals surface area contributed by atoms with E-state index in [2.05, 4.69) is 9.97 Å². The summed E-state index contributed by atoms with van der Waals surface area (Å²) >= 11 is 26.4. The molecule has 0 atom stereocenters. The Morgan fingerprint density at radius 3 is 1.29 bits per heavy atom. The second-order valence-electron chi connectivity index (χ2n) is 10.8. The fraction of sp³-hybridized carbons (Fsp3) is 0.235. The second kappa shape index (κ2) is 12.3. The van der Waals surface area contributed by atoms with E-state index in [4.69, 9.17) is 46.4 Å². The van der Waals surface area contributed by atoms with Crippen molar-refractivity contribution in [1.82, 2.24) is 9.97 Å². The summed E-state index contributed by atoms with van der Waals surface area (Å²) in [6.07, 6.45) is 7.88. The van der Waals surface area contributed by atoms with Crippen LogP contribution in [0.3, 0.4) is 0 Å². The van der Waals surface area contributed by atoms with Gasteiger partial charge in [0.05, 0.1) is 41.9 Å². The maximum absolute atomic E-state index is 13.0. The van der Waals surface area contributed by atoms with Gasteiger partial charge in [-0.3, -0.25) is 9.59 Å². The zero-order chi connectivity index (χ0) is 29.4. The van der Waals surface area contributed by atoms with Gasteiger partial charge in [-0.25, -0.2) is 0 Å². The van der Waals surface area contributed by atoms with Crippen LogP contribution in [0.2, 0.25) is 20.1 Å². The fourth-order valence-corrected chi connectivity index (χ4v) is 6.95. The summed E-state index contributed by atoms with van der Waals surface area (Å²) in [5.74, 6) is 0. The number of H-pyrrole nitrogens is 2. The lowest BCUT2D eigenvalue weighted by atomic mass is 10.0. The maximum Gasteiger partial charge on any atom is 0.198 e. The molecule has 0 radical (unpaired) electrons. The lowest BCUT2D eigenvalue weighted by Gasteiger charge is -2.11. The molecule has 42 heavy (non-hydrogen) atoms. The van der Waals surface area contributed by atoms with Gasteiger partial charge in [0.2, 0.25) is 0 Å². The highest BCUT2D eigenvalue weighted by Gasteiger charge is 2.16. The smallest absolute Gasteiger partial charge is 0.198 e. The molecule has 2 heterocycles. The zero-order valence-corrected chi connectivity index (χ0v) is 25.8. The molecule has 0 bridgehead atoms. The Hall–Kier alpha value is -3.02. The lowest BCUT2D eigenvalue weighted by molar-refractivity contribution is 0.594. The molecule has 0 aliphatic carbocycles. The van der Waals surface area contributed by atoms with Crippen molar-refractivity contribution >= 4 is 90.0 Å². The van der Waals surface area contributed by atoms with Crippen molar-refractivity contribution in [2.75, 3.05) is 0 Å². The monoisotopic (exact) mass is 636 g/mol. The maximum atomic E-state index is 13.0. The van der Waals surface area contributed by atoms with Crippen LogP contribution in [0.5, 0.6) is 0 Å². The molecule has 0 unspecified atom stereocenters. The molecular formula is C34H28Cl4N2O2. The van der Waals surface area contributed by atoms with Crippen LogP contribution in [0, 0.1) is 0 Å². The Kier molecular flexibility index (Phi) is 8.51. The van der Waals surface area contributed by atoms with Gasteiger partial charge in [-0.1, -0.05) is 96.4 Å². The molecule has 4 nitrogen and oxygen atoms in total. The second-order valence-corrected chi connectivity index (χ2v) is 12.3. The molecule has 0 aliphatic heterocycles. The van der Waals surface area contributed by atoms with Crippen molar-refractivity contribution in [3.8, 4) is 0 Å². The third-order valence-electron chi connectivity index (χ3n) is 8.04. The number of hydrogen-bond acceptors (Lipinski definition) is 2. The molecule has 2 N–H and O–H groups in total. The van der Waals surface area contributed by atoms with Crippen LogP contribution in [-0.4, -0.2) is 9.97 Å². The molecule has 0 spiro atoms. The first-order valence-corrected chi connectivity index (χ1v) is 15.7. The standard InChI is InChI=1S/C34H28Cl4N2O2/c35-29-19(17-25-27(31(29)37)33(41)21-13-7-9-15-23(21)39-25)11-5-3-1-2-4-6-12-20-18-26-28(32(38)30(20)36)34(42)22-14-8-10-16-24(22)40-26/h7-10,13-18H,1-6,11-12H2,(H,39,41)(H,40,42). The highest BCUT2D eigenvalue weighted by atomic mass is 35.5. The molecular weight excluding hydrogens is 610 g/mol. The van der Waals surface area contributed by atoms with Crippen LogP contribution < -0.4 is 10.9 Å². The van der Waals surface area contributed by atoms with E-state index in [1.165, 1.54) is 0 Å². The average Bonchev–Trinajstić information content (AvgIpc) is 2.99. The van der Waals surface area contributed by atoms with Gasteiger partial charge in [-0.05, 0) is 73.2 Å². The largest absolute Gasteiger partial charge is 0.354 e. The molecule has 0 amide bonds. The average molecular weight is 638 g/mol. The van der Waals surface area contributed by atoms with Crippen LogP contribution in [0.1, 0.15) is 49.7 Å². The van der Waals surface area contributed by atoms with Crippen LogP contribution in [0.25, 0.3) is 43.6 Å². The van der Waals surface area contributed by atoms with Gasteiger partial charge in [0.25, 0.3) is 0 Å². The number of para-hydroxylation sites is 2. The van der Waals surface area contributed by atoms with E-state index in [0.717, 1.165) is 73.5 Å². The van der Waals surface area contributed by atoms with E-state index >= 15 is 0 Å². The number of aromatic nitrogens is 2. The van der Waals surface area contributed by atoms with Crippen molar-refractivity contribution in [2.24, 2.45) is 0 Å². The Balaban J connectivity index is 1.04. The van der Waals surface area contributed by atoms with Crippen molar-refractivity contribution in [3.05, 3.63) is 112 Å². The van der Waals surface area contributed by atoms with Gasteiger partial charge in [-0.15, -0.1) is 0 Å². The van der Waals surface area contributed by atoms with E-state index in [9.17, 15) is 9.59 Å². The number of halogens is 4. The summed E-state index contributed by atoms with van der Waals surface area (Å²) in [6, 6.07) is 18.8. The van der Waals surface area contributed by atoms with Gasteiger partial charge < -0.3 is 9.97 Å². The molecule has 0 saturated heterocycles. The quantitative estimate of drug-likeness (QED) is 0.122. The Bertz CT molecular complexity index is 1950. The third kappa shape index (κ3) is 5.42. The Morgan fingerprint density at radius 1 is 0.476 bits per heavy atom. The van der Waals surface area contributed by atoms with Crippen molar-refractivity contribution < 1.29 is 0 Å². The predicted molar refractivity (Wildman–Crippen MR) is 179 cm³/mol. The van der Waals surface area contributed by atoms with E-state index in [0.29, 0.717) is 52.7 Å². The van der Waals surface area contributed by atoms with E-state index in [-0.39, 0.29) is 10.9 Å². The number of hydrogen-bond donors (Lipinski definition) is 2. The molecule has 0 saturated carbocycles. The van der Waals surface area contributed by atoms with Gasteiger partial charge in [0.15, 0.2) is 10.9 Å². The van der Waals surface area contributed by atoms with E-state index in [1.54, 1.807) is 12.1 Å². The minimum absolute atomic E-state index is 0.105. The first-order valence-electron chi connectivity index (χ1n) is 14.2. The van der Waals surface area contributed by atoms with Crippen molar-refractivity contribution in [1.29, 1.82) is 0 Å². The third-order valence-corrected chi connectivity index (χ3v) is 9.86. The molecule has 4 aromatic carbocycles. The molecule has 6 aromatic rings. The van der Waals surface area contributed by atoms with Crippen molar-refractivity contribution in [3.63, 3.8) is 0 Å². The minimum atomic E-state index is -0.105. The number of nitrogens with one attached hydrogen (secondary N) is 2. The molecule has 214 valence electrons. The van der Waals surface area contributed by atoms with Crippen LogP contribution in [-0.2, 0) is 12.8 Å². The normalized spacial score (nSPS) is 11.8. The summed E-state index contributed by atoms with van der Waals surface area (Å²) in [6.45, 7) is 0. The summed E-state index contributed by atoms with van der Waals surface area (Å²) in [7, 11) is 0. The first-order chi connectivity index (χ1) is 20.3. The van der Waals surface area contributed by atoms with Gasteiger partial charge >= 0.3 is 0 Å². The van der Waals surface area contributed by atoms with Crippen LogP contribution in [0.4, 0.5) is 0 Å². The first kappa shape index (κ1) is 29.1. The molecule has 0 fully saturated rings. The van der Waals surface area contributed by atoms with Crippen molar-refractivity contribution in [2.45, 2.75) is 51.4 Å². The summed E-state index contributed by atoms with van der Waals surface area (Å²) in [4.78, 5) is 32.7. The molecule has 6 rings (SSSR count). The number of aryl methyl sites for hydroxylation is 2. The van der Waals surface area contributed by atoms with Crippen LogP contribution in [0.15, 0.2) is 70.3 Å². The summed E-state index contributed by atoms with van der Waals surface area (Å²) < 4.78 is 0. The number of fused-ring (bicyclic) bond motifs is 4. The highest BCUT2D eigenvalue weighted by molar-refractivity contribution is 6.46. The van der Waals surface area contributed by atoms with Crippen LogP contribution >= 0.6 is 46.4 Å². The Morgan fingerprint density at radius 2 is 0.857 bits per heavy atom. The summed E-state index contributed by atoms with van der Waals surface area (Å²) in [5, 5.41) is 3.65. The van der Waals surface area contributed by atoms with Gasteiger partial charge in [0.1, 0.15) is 0 Å². The van der Waals surface area contributed by atoms with Gasteiger partial charge in [-0.2, -0.15) is 0 Å².